The lowest BCUT2D eigenvalue weighted by Gasteiger charge is -2.32. The molecule has 1 atom stereocenters. The maximum absolute atomic E-state index is 13.6. The SMILES string of the molecule is Cl.O=C1CCC(N2Cc3c(OCc4ccc(CN5CCC(c6cc(F)cc(F)c6)CC5)cc4)cccc3C2=O)C(=O)N1. The van der Waals surface area contributed by atoms with E-state index in [1.54, 1.807) is 12.1 Å². The smallest absolute Gasteiger partial charge is 0.255 e. The van der Waals surface area contributed by atoms with Gasteiger partial charge in [0.05, 0.1) is 6.54 Å². The number of benzene rings is 3. The third-order valence-electron chi connectivity index (χ3n) is 8.31. The minimum absolute atomic E-state index is 0. The number of fused-ring (bicyclic) bond motifs is 1. The van der Waals surface area contributed by atoms with E-state index >= 15 is 0 Å². The first-order valence-electron chi connectivity index (χ1n) is 14.0. The van der Waals surface area contributed by atoms with Gasteiger partial charge in [0.1, 0.15) is 30.0 Å². The molecule has 1 unspecified atom stereocenters. The Kier molecular flexibility index (Phi) is 8.89. The fourth-order valence-electron chi connectivity index (χ4n) is 6.09. The molecule has 0 bridgehead atoms. The van der Waals surface area contributed by atoms with Gasteiger partial charge in [0.15, 0.2) is 0 Å². The largest absolute Gasteiger partial charge is 0.489 e. The molecule has 3 aromatic rings. The van der Waals surface area contributed by atoms with Crippen LogP contribution in [0.1, 0.15) is 64.2 Å². The molecular weight excluding hydrogens is 564 g/mol. The summed E-state index contributed by atoms with van der Waals surface area (Å²) in [5, 5.41) is 2.33. The summed E-state index contributed by atoms with van der Waals surface area (Å²) < 4.78 is 33.4. The Morgan fingerprint density at radius 1 is 0.881 bits per heavy atom. The molecule has 10 heteroatoms. The minimum atomic E-state index is -0.664. The van der Waals surface area contributed by atoms with Crippen LogP contribution in [0.5, 0.6) is 5.75 Å². The summed E-state index contributed by atoms with van der Waals surface area (Å²) in [6, 6.07) is 16.7. The number of hydrogen-bond acceptors (Lipinski definition) is 5. The van der Waals surface area contributed by atoms with Gasteiger partial charge in [-0.25, -0.2) is 8.78 Å². The van der Waals surface area contributed by atoms with Crippen LogP contribution in [0.15, 0.2) is 60.7 Å². The van der Waals surface area contributed by atoms with Crippen molar-refractivity contribution in [2.45, 2.75) is 57.3 Å². The van der Waals surface area contributed by atoms with Gasteiger partial charge in [-0.15, -0.1) is 12.4 Å². The molecule has 220 valence electrons. The van der Waals surface area contributed by atoms with Crippen molar-refractivity contribution in [3.63, 3.8) is 0 Å². The second-order valence-corrected chi connectivity index (χ2v) is 11.0. The molecular formula is C32H32ClF2N3O4. The zero-order chi connectivity index (χ0) is 28.5. The number of carbonyl (C=O) groups is 3. The summed E-state index contributed by atoms with van der Waals surface area (Å²) in [4.78, 5) is 40.8. The second kappa shape index (κ2) is 12.6. The van der Waals surface area contributed by atoms with Crippen LogP contribution in [0.2, 0.25) is 0 Å². The molecule has 3 aromatic carbocycles. The van der Waals surface area contributed by atoms with E-state index in [1.807, 2.05) is 18.2 Å². The Labute approximate surface area is 249 Å². The average Bonchev–Trinajstić information content (AvgIpc) is 3.29. The summed E-state index contributed by atoms with van der Waals surface area (Å²) in [7, 11) is 0. The van der Waals surface area contributed by atoms with Gasteiger partial charge >= 0.3 is 0 Å². The van der Waals surface area contributed by atoms with Crippen molar-refractivity contribution < 1.29 is 27.9 Å². The predicted molar refractivity (Wildman–Crippen MR) is 154 cm³/mol. The summed E-state index contributed by atoms with van der Waals surface area (Å²) in [5.74, 6) is -1.24. The highest BCUT2D eigenvalue weighted by Crippen LogP contribution is 2.34. The van der Waals surface area contributed by atoms with E-state index in [0.717, 1.165) is 55.2 Å². The Balaban J connectivity index is 0.00000353. The molecule has 3 amide bonds. The molecule has 0 saturated carbocycles. The topological polar surface area (TPSA) is 79.0 Å². The summed E-state index contributed by atoms with van der Waals surface area (Å²) in [6.45, 7) is 3.12. The fraction of sp³-hybridized carbons (Fsp3) is 0.344. The number of likely N-dealkylation sites (tertiary alicyclic amines) is 1. The number of nitrogens with one attached hydrogen (secondary N) is 1. The van der Waals surface area contributed by atoms with Gasteiger partial charge in [-0.05, 0) is 79.2 Å². The highest BCUT2D eigenvalue weighted by Gasteiger charge is 2.40. The van der Waals surface area contributed by atoms with E-state index in [2.05, 4.69) is 22.3 Å². The predicted octanol–water partition coefficient (Wildman–Crippen LogP) is 5.11. The van der Waals surface area contributed by atoms with Gasteiger partial charge in [0.2, 0.25) is 11.8 Å². The van der Waals surface area contributed by atoms with E-state index in [0.29, 0.717) is 24.3 Å². The first-order chi connectivity index (χ1) is 19.8. The molecule has 0 radical (unpaired) electrons. The third-order valence-corrected chi connectivity index (χ3v) is 8.31. The Hall–Kier alpha value is -3.82. The molecule has 3 aliphatic heterocycles. The van der Waals surface area contributed by atoms with Crippen molar-refractivity contribution in [3.05, 3.63) is 100 Å². The van der Waals surface area contributed by atoms with E-state index < -0.39 is 23.6 Å². The van der Waals surface area contributed by atoms with Gasteiger partial charge in [0.25, 0.3) is 5.91 Å². The Morgan fingerprint density at radius 3 is 2.26 bits per heavy atom. The van der Waals surface area contributed by atoms with Crippen LogP contribution in [0.4, 0.5) is 8.78 Å². The van der Waals surface area contributed by atoms with Gasteiger partial charge in [0, 0.05) is 30.2 Å². The van der Waals surface area contributed by atoms with Gasteiger partial charge < -0.3 is 9.64 Å². The molecule has 2 saturated heterocycles. The van der Waals surface area contributed by atoms with Crippen LogP contribution in [0.3, 0.4) is 0 Å². The molecule has 3 heterocycles. The number of ether oxygens (including phenoxy) is 1. The second-order valence-electron chi connectivity index (χ2n) is 11.0. The molecule has 42 heavy (non-hydrogen) atoms. The third kappa shape index (κ3) is 6.32. The first kappa shape index (κ1) is 29.7. The highest BCUT2D eigenvalue weighted by molar-refractivity contribution is 6.05. The van der Waals surface area contributed by atoms with E-state index in [9.17, 15) is 23.2 Å². The lowest BCUT2D eigenvalue weighted by Crippen LogP contribution is -2.52. The van der Waals surface area contributed by atoms with Crippen LogP contribution < -0.4 is 10.1 Å². The normalized spacial score (nSPS) is 19.3. The number of halogens is 3. The maximum Gasteiger partial charge on any atom is 0.255 e. The van der Waals surface area contributed by atoms with Crippen molar-refractivity contribution in [2.24, 2.45) is 0 Å². The van der Waals surface area contributed by atoms with Crippen molar-refractivity contribution in [1.82, 2.24) is 15.1 Å². The van der Waals surface area contributed by atoms with E-state index in [1.165, 1.54) is 22.6 Å². The number of rotatable bonds is 7. The zero-order valence-electron chi connectivity index (χ0n) is 23.0. The molecule has 3 aliphatic rings. The van der Waals surface area contributed by atoms with Gasteiger partial charge in [-0.3, -0.25) is 24.6 Å². The molecule has 6 rings (SSSR count). The molecule has 0 spiro atoms. The number of imide groups is 1. The molecule has 1 N–H and O–H groups in total. The van der Waals surface area contributed by atoms with Crippen LogP contribution in [0, 0.1) is 11.6 Å². The lowest BCUT2D eigenvalue weighted by molar-refractivity contribution is -0.136. The number of amides is 3. The van der Waals surface area contributed by atoms with Crippen LogP contribution in [-0.2, 0) is 29.3 Å². The number of piperidine rings is 2. The van der Waals surface area contributed by atoms with Crippen LogP contribution >= 0.6 is 12.4 Å². The van der Waals surface area contributed by atoms with Crippen LogP contribution in [-0.4, -0.2) is 46.7 Å². The monoisotopic (exact) mass is 595 g/mol. The lowest BCUT2D eigenvalue weighted by atomic mass is 9.89. The molecule has 2 fully saturated rings. The molecule has 0 aliphatic carbocycles. The van der Waals surface area contributed by atoms with Crippen LogP contribution in [0.25, 0.3) is 0 Å². The van der Waals surface area contributed by atoms with Crippen molar-refractivity contribution in [1.29, 1.82) is 0 Å². The number of hydrogen-bond donors (Lipinski definition) is 1. The Bertz CT molecular complexity index is 1470. The molecule has 7 nitrogen and oxygen atoms in total. The van der Waals surface area contributed by atoms with E-state index in [4.69, 9.17) is 4.74 Å². The zero-order valence-corrected chi connectivity index (χ0v) is 23.8. The quantitative estimate of drug-likeness (QED) is 0.384. The fourth-order valence-corrected chi connectivity index (χ4v) is 6.09. The standard InChI is InChI=1S/C32H31F2N3O4.ClH/c33-24-14-23(15-25(34)16-24)22-10-12-36(13-11-22)17-20-4-6-21(7-5-20)19-41-29-3-1-2-26-27(29)18-37(32(26)40)28-8-9-30(38)35-31(28)39;/h1-7,14-16,22,28H,8-13,17-19H2,(H,35,38,39);1H. The summed E-state index contributed by atoms with van der Waals surface area (Å²) in [6.07, 6.45) is 2.25. The molecule has 0 aromatic heterocycles. The van der Waals surface area contributed by atoms with Gasteiger partial charge in [-0.2, -0.15) is 0 Å². The van der Waals surface area contributed by atoms with E-state index in [-0.39, 0.29) is 43.1 Å². The van der Waals surface area contributed by atoms with Gasteiger partial charge in [-0.1, -0.05) is 30.3 Å². The number of nitrogens with zero attached hydrogens (tertiary/aromatic N) is 2. The summed E-state index contributed by atoms with van der Waals surface area (Å²) in [5.41, 5.74) is 4.18. The first-order valence-corrected chi connectivity index (χ1v) is 14.0. The average molecular weight is 596 g/mol. The number of carbonyl (C=O) groups excluding carboxylic acids is 3. The van der Waals surface area contributed by atoms with Crippen molar-refractivity contribution >= 4 is 30.1 Å². The maximum atomic E-state index is 13.6. The highest BCUT2D eigenvalue weighted by atomic mass is 35.5. The van der Waals surface area contributed by atoms with Crippen molar-refractivity contribution in [2.75, 3.05) is 13.1 Å². The minimum Gasteiger partial charge on any atom is -0.489 e. The van der Waals surface area contributed by atoms with Crippen molar-refractivity contribution in [3.8, 4) is 5.75 Å². The Morgan fingerprint density at radius 2 is 1.57 bits per heavy atom. The summed E-state index contributed by atoms with van der Waals surface area (Å²) >= 11 is 0.